The number of methoxy groups -OCH3 is 3. The Bertz CT molecular complexity index is 484. The fraction of sp³-hybridized carbons (Fsp3) is 0.643. The number of rotatable bonds is 2. The lowest BCUT2D eigenvalue weighted by Gasteiger charge is -2.28. The van der Waals surface area contributed by atoms with Gasteiger partial charge in [0.25, 0.3) is 0 Å². The van der Waals surface area contributed by atoms with Crippen LogP contribution in [0.2, 0.25) is 0 Å². The number of carbonyl (C=O) groups excluding carboxylic acids is 3. The summed E-state index contributed by atoms with van der Waals surface area (Å²) in [4.78, 5) is 37.9. The number of hydrogen-bond acceptors (Lipinski definition) is 6. The van der Waals surface area contributed by atoms with Crippen LogP contribution in [0, 0.1) is 11.3 Å². The minimum Gasteiger partial charge on any atom is -0.468 e. The highest BCUT2D eigenvalue weighted by molar-refractivity contribution is 6.02. The van der Waals surface area contributed by atoms with Crippen molar-refractivity contribution in [2.45, 2.75) is 18.9 Å². The number of fused-ring (bicyclic) bond motifs is 1. The van der Waals surface area contributed by atoms with E-state index < -0.39 is 35.4 Å². The van der Waals surface area contributed by atoms with Crippen LogP contribution in [0.3, 0.4) is 0 Å². The molecule has 0 aromatic heterocycles. The molecule has 1 amide bonds. The van der Waals surface area contributed by atoms with Crippen molar-refractivity contribution in [1.29, 1.82) is 0 Å². The van der Waals surface area contributed by atoms with Crippen LogP contribution in [0.15, 0.2) is 12.2 Å². The van der Waals surface area contributed by atoms with Gasteiger partial charge in [0.05, 0.1) is 27.4 Å². The van der Waals surface area contributed by atoms with Gasteiger partial charge in [-0.15, -0.1) is 0 Å². The molecular weight excluding hydrogens is 278 g/mol. The van der Waals surface area contributed by atoms with Gasteiger partial charge in [0.1, 0.15) is 0 Å². The van der Waals surface area contributed by atoms with Crippen LogP contribution in [0.4, 0.5) is 4.79 Å². The summed E-state index contributed by atoms with van der Waals surface area (Å²) in [6, 6.07) is -0.407. The molecule has 21 heavy (non-hydrogen) atoms. The van der Waals surface area contributed by atoms with E-state index in [4.69, 9.17) is 14.2 Å². The number of likely N-dealkylation sites (tertiary alicyclic amines) is 1. The minimum absolute atomic E-state index is 0.120. The Labute approximate surface area is 122 Å². The van der Waals surface area contributed by atoms with Crippen molar-refractivity contribution in [2.24, 2.45) is 11.3 Å². The first-order chi connectivity index (χ1) is 9.93. The van der Waals surface area contributed by atoms with Gasteiger partial charge in [0.2, 0.25) is 0 Å². The topological polar surface area (TPSA) is 82.1 Å². The Morgan fingerprint density at radius 3 is 2.19 bits per heavy atom. The van der Waals surface area contributed by atoms with E-state index in [2.05, 4.69) is 6.58 Å². The van der Waals surface area contributed by atoms with Crippen LogP contribution in [0.5, 0.6) is 0 Å². The number of ether oxygens (including phenoxy) is 3. The predicted octanol–water partition coefficient (Wildman–Crippen LogP) is 0.736. The molecular formula is C14H19NO6. The summed E-state index contributed by atoms with van der Waals surface area (Å²) in [5.74, 6) is -1.69. The highest BCUT2D eigenvalue weighted by atomic mass is 16.6. The highest BCUT2D eigenvalue weighted by Crippen LogP contribution is 2.54. The standard InChI is InChI=1S/C14H19NO6/c1-8-7-14(11(16)19-2,12(17)20-3)9-5-6-15(10(8)9)13(18)21-4/h9-10H,1,5-7H2,2-4H3/t9-,10-/m0/s1. The first-order valence-corrected chi connectivity index (χ1v) is 6.63. The summed E-state index contributed by atoms with van der Waals surface area (Å²) in [6.07, 6.45) is 0.118. The van der Waals surface area contributed by atoms with Gasteiger partial charge in [0, 0.05) is 12.5 Å². The summed E-state index contributed by atoms with van der Waals surface area (Å²) in [6.45, 7) is 4.33. The summed E-state index contributed by atoms with van der Waals surface area (Å²) >= 11 is 0. The predicted molar refractivity (Wildman–Crippen MR) is 71.2 cm³/mol. The lowest BCUT2D eigenvalue weighted by Crippen LogP contribution is -2.46. The number of hydrogen-bond donors (Lipinski definition) is 0. The summed E-state index contributed by atoms with van der Waals surface area (Å²) in [5, 5.41) is 0. The first kappa shape index (κ1) is 15.3. The van der Waals surface area contributed by atoms with E-state index in [1.165, 1.54) is 26.2 Å². The highest BCUT2D eigenvalue weighted by Gasteiger charge is 2.65. The van der Waals surface area contributed by atoms with Crippen LogP contribution in [0.25, 0.3) is 0 Å². The molecule has 0 aromatic carbocycles. The lowest BCUT2D eigenvalue weighted by molar-refractivity contribution is -0.172. The van der Waals surface area contributed by atoms with E-state index in [-0.39, 0.29) is 6.42 Å². The van der Waals surface area contributed by atoms with Gasteiger partial charge in [0.15, 0.2) is 5.41 Å². The molecule has 2 rings (SSSR count). The van der Waals surface area contributed by atoms with Crippen molar-refractivity contribution >= 4 is 18.0 Å². The molecule has 1 aliphatic carbocycles. The van der Waals surface area contributed by atoms with Gasteiger partial charge in [-0.3, -0.25) is 9.59 Å². The zero-order chi connectivity index (χ0) is 15.8. The van der Waals surface area contributed by atoms with Crippen molar-refractivity contribution in [3.05, 3.63) is 12.2 Å². The third-order valence-electron chi connectivity index (χ3n) is 4.46. The number of carbonyl (C=O) groups is 3. The maximum atomic E-state index is 12.3. The average Bonchev–Trinajstić information content (AvgIpc) is 3.05. The molecule has 0 unspecified atom stereocenters. The first-order valence-electron chi connectivity index (χ1n) is 6.63. The molecule has 1 aliphatic heterocycles. The molecule has 0 N–H and O–H groups in total. The largest absolute Gasteiger partial charge is 0.468 e. The third kappa shape index (κ3) is 1.99. The van der Waals surface area contributed by atoms with E-state index in [1.54, 1.807) is 0 Å². The molecule has 1 saturated carbocycles. The SMILES string of the molecule is C=C1CC(C(=O)OC)(C(=O)OC)[C@H]2CCN(C(=O)OC)[C@@H]12. The normalized spacial score (nSPS) is 26.2. The Morgan fingerprint density at radius 2 is 1.71 bits per heavy atom. The van der Waals surface area contributed by atoms with Crippen molar-refractivity contribution in [3.63, 3.8) is 0 Å². The maximum Gasteiger partial charge on any atom is 0.409 e. The molecule has 7 heteroatoms. The van der Waals surface area contributed by atoms with Crippen molar-refractivity contribution in [2.75, 3.05) is 27.9 Å². The second kappa shape index (κ2) is 5.38. The van der Waals surface area contributed by atoms with E-state index >= 15 is 0 Å². The Morgan fingerprint density at radius 1 is 1.14 bits per heavy atom. The van der Waals surface area contributed by atoms with E-state index in [0.29, 0.717) is 18.5 Å². The van der Waals surface area contributed by atoms with E-state index in [9.17, 15) is 14.4 Å². The molecule has 1 saturated heterocycles. The van der Waals surface area contributed by atoms with E-state index in [1.807, 2.05) is 0 Å². The average molecular weight is 297 g/mol. The molecule has 2 atom stereocenters. The molecule has 2 fully saturated rings. The zero-order valence-corrected chi connectivity index (χ0v) is 12.4. The summed E-state index contributed by atoms with van der Waals surface area (Å²) in [7, 11) is 3.76. The van der Waals surface area contributed by atoms with Crippen molar-refractivity contribution < 1.29 is 28.6 Å². The minimum atomic E-state index is -1.42. The fourth-order valence-corrected chi connectivity index (χ4v) is 3.62. The Kier molecular flexibility index (Phi) is 3.93. The molecule has 7 nitrogen and oxygen atoms in total. The number of nitrogens with zero attached hydrogens (tertiary/aromatic N) is 1. The van der Waals surface area contributed by atoms with Gasteiger partial charge in [-0.2, -0.15) is 0 Å². The smallest absolute Gasteiger partial charge is 0.409 e. The monoisotopic (exact) mass is 297 g/mol. The lowest BCUT2D eigenvalue weighted by atomic mass is 9.76. The summed E-state index contributed by atoms with van der Waals surface area (Å²) in [5.41, 5.74) is -0.785. The molecule has 2 aliphatic rings. The second-order valence-electron chi connectivity index (χ2n) is 5.29. The summed E-state index contributed by atoms with van der Waals surface area (Å²) < 4.78 is 14.4. The van der Waals surface area contributed by atoms with Gasteiger partial charge in [-0.05, 0) is 12.8 Å². The molecule has 0 bridgehead atoms. The quantitative estimate of drug-likeness (QED) is 0.323. The Hall–Kier alpha value is -2.05. The van der Waals surface area contributed by atoms with Crippen LogP contribution < -0.4 is 0 Å². The maximum absolute atomic E-state index is 12.3. The number of esters is 2. The zero-order valence-electron chi connectivity index (χ0n) is 12.4. The van der Waals surface area contributed by atoms with E-state index in [0.717, 1.165) is 0 Å². The molecule has 0 aromatic rings. The fourth-order valence-electron chi connectivity index (χ4n) is 3.62. The van der Waals surface area contributed by atoms with Gasteiger partial charge >= 0.3 is 18.0 Å². The van der Waals surface area contributed by atoms with Crippen LogP contribution in [0.1, 0.15) is 12.8 Å². The van der Waals surface area contributed by atoms with Gasteiger partial charge in [-0.25, -0.2) is 4.79 Å². The van der Waals surface area contributed by atoms with Crippen LogP contribution in [-0.2, 0) is 23.8 Å². The molecule has 0 spiro atoms. The molecule has 116 valence electrons. The second-order valence-corrected chi connectivity index (χ2v) is 5.29. The Balaban J connectivity index is 2.44. The molecule has 0 radical (unpaired) electrons. The molecule has 1 heterocycles. The van der Waals surface area contributed by atoms with Crippen molar-refractivity contribution in [1.82, 2.24) is 4.90 Å². The van der Waals surface area contributed by atoms with Gasteiger partial charge in [-0.1, -0.05) is 12.2 Å². The van der Waals surface area contributed by atoms with Gasteiger partial charge < -0.3 is 19.1 Å². The van der Waals surface area contributed by atoms with Crippen molar-refractivity contribution in [3.8, 4) is 0 Å². The van der Waals surface area contributed by atoms with Crippen LogP contribution in [-0.4, -0.2) is 56.8 Å². The number of amides is 1. The third-order valence-corrected chi connectivity index (χ3v) is 4.46. The van der Waals surface area contributed by atoms with Crippen LogP contribution >= 0.6 is 0 Å².